The summed E-state index contributed by atoms with van der Waals surface area (Å²) in [6.07, 6.45) is 1.93. The van der Waals surface area contributed by atoms with E-state index in [1.165, 1.54) is 12.1 Å². The molecular weight excluding hydrogens is 266 g/mol. The Morgan fingerprint density at radius 2 is 1.90 bits per heavy atom. The largest absolute Gasteiger partial charge is 0.478 e. The van der Waals surface area contributed by atoms with Gasteiger partial charge in [-0.3, -0.25) is 4.79 Å². The quantitative estimate of drug-likeness (QED) is 0.894. The van der Waals surface area contributed by atoms with Crippen molar-refractivity contribution in [3.8, 4) is 5.75 Å². The molecule has 0 aromatic heterocycles. The van der Waals surface area contributed by atoms with Gasteiger partial charge in [0.15, 0.2) is 24.0 Å². The maximum Gasteiger partial charge on any atom is 0.260 e. The average Bonchev–Trinajstić information content (AvgIpc) is 2.91. The monoisotopic (exact) mass is 284 g/mol. The molecule has 1 amide bonds. The van der Waals surface area contributed by atoms with Gasteiger partial charge in [-0.05, 0) is 37.6 Å². The predicted octanol–water partition coefficient (Wildman–Crippen LogP) is 1.69. The summed E-state index contributed by atoms with van der Waals surface area (Å²) in [5, 5.41) is 2.81. The van der Waals surface area contributed by atoms with Gasteiger partial charge >= 0.3 is 0 Å². The molecule has 2 rings (SSSR count). The van der Waals surface area contributed by atoms with E-state index in [2.05, 4.69) is 5.32 Å². The van der Waals surface area contributed by atoms with E-state index in [0.29, 0.717) is 25.2 Å². The van der Waals surface area contributed by atoms with Crippen LogP contribution in [0.1, 0.15) is 18.4 Å². The van der Waals surface area contributed by atoms with Gasteiger partial charge in [-0.25, -0.2) is 8.78 Å². The van der Waals surface area contributed by atoms with Gasteiger partial charge in [0.2, 0.25) is 0 Å². The Kier molecular flexibility index (Phi) is 4.89. The van der Waals surface area contributed by atoms with Gasteiger partial charge in [0.25, 0.3) is 5.91 Å². The lowest BCUT2D eigenvalue weighted by atomic mass is 10.2. The third-order valence-electron chi connectivity index (χ3n) is 3.24. The highest BCUT2D eigenvalue weighted by Crippen LogP contribution is 2.23. The van der Waals surface area contributed by atoms with E-state index in [4.69, 9.17) is 4.74 Å². The number of halogens is 2. The highest BCUT2D eigenvalue weighted by Gasteiger charge is 2.20. The number of benzene rings is 1. The van der Waals surface area contributed by atoms with E-state index in [0.717, 1.165) is 12.8 Å². The minimum absolute atomic E-state index is 0.236. The van der Waals surface area contributed by atoms with Crippen molar-refractivity contribution in [1.82, 2.24) is 10.2 Å². The number of amides is 1. The number of rotatable bonds is 5. The van der Waals surface area contributed by atoms with Crippen LogP contribution in [0.4, 0.5) is 8.78 Å². The third kappa shape index (κ3) is 3.45. The second-order valence-electron chi connectivity index (χ2n) is 4.80. The molecule has 0 spiro atoms. The molecule has 1 aliphatic heterocycles. The number of nitrogens with one attached hydrogen (secondary N) is 1. The Bertz CT molecular complexity index is 465. The van der Waals surface area contributed by atoms with Crippen LogP contribution in [0.2, 0.25) is 0 Å². The molecule has 4 nitrogen and oxygen atoms in total. The molecule has 1 aromatic rings. The Morgan fingerprint density at radius 3 is 2.45 bits per heavy atom. The second-order valence-corrected chi connectivity index (χ2v) is 4.80. The van der Waals surface area contributed by atoms with E-state index in [1.807, 2.05) is 0 Å². The van der Waals surface area contributed by atoms with Crippen LogP contribution < -0.4 is 10.1 Å². The first-order valence-electron chi connectivity index (χ1n) is 6.65. The molecule has 1 saturated heterocycles. The Labute approximate surface area is 116 Å². The molecule has 0 unspecified atom stereocenters. The topological polar surface area (TPSA) is 41.6 Å². The van der Waals surface area contributed by atoms with E-state index >= 15 is 0 Å². The maximum atomic E-state index is 13.7. The van der Waals surface area contributed by atoms with Crippen LogP contribution >= 0.6 is 0 Å². The SMILES string of the molecule is CNCc1cc(F)c(OCC(=O)N2CCCC2)c(F)c1. The minimum Gasteiger partial charge on any atom is -0.478 e. The van der Waals surface area contributed by atoms with Crippen molar-refractivity contribution in [2.45, 2.75) is 19.4 Å². The van der Waals surface area contributed by atoms with E-state index in [9.17, 15) is 13.6 Å². The van der Waals surface area contributed by atoms with Crippen molar-refractivity contribution in [3.63, 3.8) is 0 Å². The molecule has 110 valence electrons. The number of carbonyl (C=O) groups excluding carboxylic acids is 1. The van der Waals surface area contributed by atoms with Gasteiger partial charge < -0.3 is 15.0 Å². The standard InChI is InChI=1S/C14H18F2N2O2/c1-17-8-10-6-11(15)14(12(16)7-10)20-9-13(19)18-4-2-3-5-18/h6-7,17H,2-5,8-9H2,1H3. The van der Waals surface area contributed by atoms with Crippen molar-refractivity contribution in [3.05, 3.63) is 29.3 Å². The van der Waals surface area contributed by atoms with Crippen molar-refractivity contribution < 1.29 is 18.3 Å². The molecule has 6 heteroatoms. The average molecular weight is 284 g/mol. The number of likely N-dealkylation sites (tertiary alicyclic amines) is 1. The number of carbonyl (C=O) groups is 1. The smallest absolute Gasteiger partial charge is 0.260 e. The van der Waals surface area contributed by atoms with Gasteiger partial charge in [-0.1, -0.05) is 0 Å². The van der Waals surface area contributed by atoms with Crippen molar-refractivity contribution in [2.24, 2.45) is 0 Å². The first-order valence-corrected chi connectivity index (χ1v) is 6.65. The molecule has 20 heavy (non-hydrogen) atoms. The van der Waals surface area contributed by atoms with Crippen molar-refractivity contribution >= 4 is 5.91 Å². The van der Waals surface area contributed by atoms with Crippen LogP contribution in [0.25, 0.3) is 0 Å². The number of hydrogen-bond donors (Lipinski definition) is 1. The zero-order valence-electron chi connectivity index (χ0n) is 11.4. The summed E-state index contributed by atoms with van der Waals surface area (Å²) in [5.74, 6) is -2.30. The molecule has 0 atom stereocenters. The fraction of sp³-hybridized carbons (Fsp3) is 0.500. The van der Waals surface area contributed by atoms with Crippen molar-refractivity contribution in [2.75, 3.05) is 26.7 Å². The predicted molar refractivity (Wildman–Crippen MR) is 70.4 cm³/mol. The van der Waals surface area contributed by atoms with E-state index < -0.39 is 17.4 Å². The number of nitrogens with zero attached hydrogens (tertiary/aromatic N) is 1. The number of ether oxygens (including phenoxy) is 1. The minimum atomic E-state index is -0.788. The maximum absolute atomic E-state index is 13.7. The molecule has 0 aliphatic carbocycles. The molecule has 1 aromatic carbocycles. The molecule has 1 heterocycles. The molecule has 1 fully saturated rings. The molecule has 0 radical (unpaired) electrons. The summed E-state index contributed by atoms with van der Waals surface area (Å²) in [6, 6.07) is 2.41. The molecule has 0 saturated carbocycles. The zero-order valence-corrected chi connectivity index (χ0v) is 11.4. The molecule has 1 N–H and O–H groups in total. The zero-order chi connectivity index (χ0) is 14.5. The van der Waals surface area contributed by atoms with E-state index in [-0.39, 0.29) is 12.5 Å². The second kappa shape index (κ2) is 6.65. The normalized spacial score (nSPS) is 14.7. The van der Waals surface area contributed by atoms with Gasteiger partial charge in [-0.15, -0.1) is 0 Å². The van der Waals surface area contributed by atoms with Crippen LogP contribution in [0.15, 0.2) is 12.1 Å². The first kappa shape index (κ1) is 14.7. The van der Waals surface area contributed by atoms with Crippen LogP contribution in [-0.4, -0.2) is 37.6 Å². The summed E-state index contributed by atoms with van der Waals surface area (Å²) in [7, 11) is 1.69. The highest BCUT2D eigenvalue weighted by molar-refractivity contribution is 5.78. The summed E-state index contributed by atoms with van der Waals surface area (Å²) in [6.45, 7) is 1.41. The summed E-state index contributed by atoms with van der Waals surface area (Å²) >= 11 is 0. The molecule has 1 aliphatic rings. The fourth-order valence-corrected chi connectivity index (χ4v) is 2.25. The lowest BCUT2D eigenvalue weighted by Gasteiger charge is -2.16. The molecule has 0 bridgehead atoms. The lowest BCUT2D eigenvalue weighted by Crippen LogP contribution is -2.32. The Balaban J connectivity index is 2.00. The Morgan fingerprint density at radius 1 is 1.30 bits per heavy atom. The molecular formula is C14H18F2N2O2. The van der Waals surface area contributed by atoms with Gasteiger partial charge in [0.05, 0.1) is 0 Å². The van der Waals surface area contributed by atoms with Gasteiger partial charge in [-0.2, -0.15) is 0 Å². The summed E-state index contributed by atoms with van der Waals surface area (Å²) in [5.41, 5.74) is 0.487. The fourth-order valence-electron chi connectivity index (χ4n) is 2.25. The van der Waals surface area contributed by atoms with Gasteiger partial charge in [0, 0.05) is 19.6 Å². The Hall–Kier alpha value is -1.69. The van der Waals surface area contributed by atoms with Gasteiger partial charge in [0.1, 0.15) is 0 Å². The van der Waals surface area contributed by atoms with Crippen LogP contribution in [0, 0.1) is 11.6 Å². The van der Waals surface area contributed by atoms with Crippen molar-refractivity contribution in [1.29, 1.82) is 0 Å². The summed E-state index contributed by atoms with van der Waals surface area (Å²) < 4.78 is 32.5. The van der Waals surface area contributed by atoms with Crippen LogP contribution in [-0.2, 0) is 11.3 Å². The summed E-state index contributed by atoms with van der Waals surface area (Å²) in [4.78, 5) is 13.4. The first-order chi connectivity index (χ1) is 9.61. The lowest BCUT2D eigenvalue weighted by molar-refractivity contribution is -0.132. The van der Waals surface area contributed by atoms with E-state index in [1.54, 1.807) is 11.9 Å². The van der Waals surface area contributed by atoms with Crippen LogP contribution in [0.5, 0.6) is 5.75 Å². The van der Waals surface area contributed by atoms with Crippen LogP contribution in [0.3, 0.4) is 0 Å². The number of hydrogen-bond acceptors (Lipinski definition) is 3. The highest BCUT2D eigenvalue weighted by atomic mass is 19.1. The third-order valence-corrected chi connectivity index (χ3v) is 3.24.